The van der Waals surface area contributed by atoms with Crippen LogP contribution in [0, 0.1) is 6.92 Å². The number of nitrogen functional groups attached to an aromatic ring is 1. The highest BCUT2D eigenvalue weighted by Gasteiger charge is 2.23. The van der Waals surface area contributed by atoms with Gasteiger partial charge in [0.05, 0.1) is 5.69 Å². The molecular formula is C18H21NO2. The molecule has 110 valence electrons. The molecule has 3 nitrogen and oxygen atoms in total. The molecule has 0 aromatic heterocycles. The van der Waals surface area contributed by atoms with Crippen molar-refractivity contribution in [1.29, 1.82) is 0 Å². The smallest absolute Gasteiger partial charge is 0.142 e. The molecule has 2 N–H and O–H groups in total. The monoisotopic (exact) mass is 283 g/mol. The van der Waals surface area contributed by atoms with Crippen LogP contribution < -0.4 is 15.2 Å². The van der Waals surface area contributed by atoms with E-state index in [2.05, 4.69) is 32.0 Å². The van der Waals surface area contributed by atoms with Gasteiger partial charge in [-0.1, -0.05) is 30.7 Å². The Kier molecular flexibility index (Phi) is 3.74. The lowest BCUT2D eigenvalue weighted by Gasteiger charge is -2.14. The molecule has 0 radical (unpaired) electrons. The number of fused-ring (bicyclic) bond motifs is 1. The van der Waals surface area contributed by atoms with Crippen molar-refractivity contribution in [2.45, 2.75) is 32.8 Å². The van der Waals surface area contributed by atoms with Gasteiger partial charge in [-0.15, -0.1) is 0 Å². The Morgan fingerprint density at radius 2 is 2.10 bits per heavy atom. The van der Waals surface area contributed by atoms with E-state index in [0.717, 1.165) is 24.3 Å². The number of hydrogen-bond acceptors (Lipinski definition) is 3. The summed E-state index contributed by atoms with van der Waals surface area (Å²) in [5.41, 5.74) is 10.5. The maximum Gasteiger partial charge on any atom is 0.142 e. The molecular weight excluding hydrogens is 262 g/mol. The highest BCUT2D eigenvalue weighted by molar-refractivity contribution is 5.54. The van der Waals surface area contributed by atoms with Crippen molar-refractivity contribution < 1.29 is 9.47 Å². The van der Waals surface area contributed by atoms with E-state index in [4.69, 9.17) is 15.2 Å². The van der Waals surface area contributed by atoms with Crippen molar-refractivity contribution in [2.75, 3.05) is 12.3 Å². The number of nitrogens with two attached hydrogens (primary N) is 1. The van der Waals surface area contributed by atoms with Crippen molar-refractivity contribution >= 4 is 5.69 Å². The third kappa shape index (κ3) is 2.97. The summed E-state index contributed by atoms with van der Waals surface area (Å²) in [6, 6.07) is 12.3. The van der Waals surface area contributed by atoms with E-state index in [0.29, 0.717) is 12.3 Å². The van der Waals surface area contributed by atoms with E-state index in [-0.39, 0.29) is 6.10 Å². The Morgan fingerprint density at radius 3 is 2.86 bits per heavy atom. The van der Waals surface area contributed by atoms with E-state index in [1.54, 1.807) is 0 Å². The molecule has 1 unspecified atom stereocenters. The largest absolute Gasteiger partial charge is 0.488 e. The molecule has 0 amide bonds. The molecule has 1 aliphatic rings. The van der Waals surface area contributed by atoms with Crippen LogP contribution in [0.4, 0.5) is 5.69 Å². The zero-order valence-corrected chi connectivity index (χ0v) is 12.6. The van der Waals surface area contributed by atoms with Crippen LogP contribution in [-0.2, 0) is 12.8 Å². The van der Waals surface area contributed by atoms with Crippen LogP contribution in [0.15, 0.2) is 36.4 Å². The fourth-order valence-corrected chi connectivity index (χ4v) is 2.67. The number of rotatable bonds is 4. The number of benzene rings is 2. The lowest BCUT2D eigenvalue weighted by Crippen LogP contribution is -2.22. The number of anilines is 1. The summed E-state index contributed by atoms with van der Waals surface area (Å²) in [4.78, 5) is 0. The highest BCUT2D eigenvalue weighted by atomic mass is 16.5. The summed E-state index contributed by atoms with van der Waals surface area (Å²) in [6.07, 6.45) is 1.93. The SMILES string of the molecule is CCc1ccc(OCC2Cc3cc(C)ccc3O2)c(N)c1. The van der Waals surface area contributed by atoms with Gasteiger partial charge < -0.3 is 15.2 Å². The predicted molar refractivity (Wildman–Crippen MR) is 85.0 cm³/mol. The molecule has 2 aromatic rings. The first kappa shape index (κ1) is 13.8. The van der Waals surface area contributed by atoms with Gasteiger partial charge in [0.25, 0.3) is 0 Å². The molecule has 0 aliphatic carbocycles. The minimum atomic E-state index is 0.0621. The lowest BCUT2D eigenvalue weighted by molar-refractivity contribution is 0.149. The van der Waals surface area contributed by atoms with Crippen molar-refractivity contribution in [1.82, 2.24) is 0 Å². The van der Waals surface area contributed by atoms with Crippen LogP contribution in [0.25, 0.3) is 0 Å². The van der Waals surface area contributed by atoms with E-state index in [9.17, 15) is 0 Å². The summed E-state index contributed by atoms with van der Waals surface area (Å²) < 4.78 is 11.7. The number of hydrogen-bond donors (Lipinski definition) is 1. The van der Waals surface area contributed by atoms with Gasteiger partial charge >= 0.3 is 0 Å². The van der Waals surface area contributed by atoms with E-state index in [1.165, 1.54) is 16.7 Å². The van der Waals surface area contributed by atoms with Gasteiger partial charge in [0.1, 0.15) is 24.2 Å². The van der Waals surface area contributed by atoms with Crippen LogP contribution in [0.1, 0.15) is 23.6 Å². The first-order valence-electron chi connectivity index (χ1n) is 7.43. The van der Waals surface area contributed by atoms with Gasteiger partial charge in [0, 0.05) is 6.42 Å². The molecule has 0 spiro atoms. The minimum absolute atomic E-state index is 0.0621. The second kappa shape index (κ2) is 5.68. The van der Waals surface area contributed by atoms with Crippen molar-refractivity contribution in [3.05, 3.63) is 53.1 Å². The fraction of sp³-hybridized carbons (Fsp3) is 0.333. The first-order chi connectivity index (χ1) is 10.2. The molecule has 3 heteroatoms. The third-order valence-electron chi connectivity index (χ3n) is 3.86. The molecule has 0 saturated heterocycles. The highest BCUT2D eigenvalue weighted by Crippen LogP contribution is 2.30. The quantitative estimate of drug-likeness (QED) is 0.873. The molecule has 1 aliphatic heterocycles. The average Bonchev–Trinajstić information content (AvgIpc) is 2.87. The summed E-state index contributed by atoms with van der Waals surface area (Å²) in [6.45, 7) is 4.73. The van der Waals surface area contributed by atoms with Crippen molar-refractivity contribution in [3.63, 3.8) is 0 Å². The molecule has 0 bridgehead atoms. The predicted octanol–water partition coefficient (Wildman–Crippen LogP) is 3.52. The van der Waals surface area contributed by atoms with Crippen LogP contribution in [-0.4, -0.2) is 12.7 Å². The molecule has 1 atom stereocenters. The lowest BCUT2D eigenvalue weighted by atomic mass is 10.1. The minimum Gasteiger partial charge on any atom is -0.488 e. The van der Waals surface area contributed by atoms with Gasteiger partial charge in [-0.2, -0.15) is 0 Å². The van der Waals surface area contributed by atoms with Crippen LogP contribution in [0.3, 0.4) is 0 Å². The second-order valence-corrected chi connectivity index (χ2v) is 5.59. The zero-order valence-electron chi connectivity index (χ0n) is 12.6. The van der Waals surface area contributed by atoms with Crippen LogP contribution in [0.2, 0.25) is 0 Å². The Balaban J connectivity index is 1.62. The third-order valence-corrected chi connectivity index (χ3v) is 3.86. The normalized spacial score (nSPS) is 16.4. The molecule has 21 heavy (non-hydrogen) atoms. The van der Waals surface area contributed by atoms with E-state index in [1.807, 2.05) is 18.2 Å². The summed E-state index contributed by atoms with van der Waals surface area (Å²) in [7, 11) is 0. The van der Waals surface area contributed by atoms with Crippen molar-refractivity contribution in [3.8, 4) is 11.5 Å². The Bertz CT molecular complexity index is 652. The second-order valence-electron chi connectivity index (χ2n) is 5.59. The van der Waals surface area contributed by atoms with Gasteiger partial charge in [0.2, 0.25) is 0 Å². The standard InChI is InChI=1S/C18H21NO2/c1-3-13-5-7-18(16(19)9-13)20-11-15-10-14-8-12(2)4-6-17(14)21-15/h4-9,15H,3,10-11,19H2,1-2H3. The molecule has 1 heterocycles. The van der Waals surface area contributed by atoms with Gasteiger partial charge in [-0.3, -0.25) is 0 Å². The fourth-order valence-electron chi connectivity index (χ4n) is 2.67. The Morgan fingerprint density at radius 1 is 1.24 bits per heavy atom. The van der Waals surface area contributed by atoms with Crippen LogP contribution >= 0.6 is 0 Å². The Labute approximate surface area is 125 Å². The maximum absolute atomic E-state index is 6.02. The van der Waals surface area contributed by atoms with Crippen LogP contribution in [0.5, 0.6) is 11.5 Å². The summed E-state index contributed by atoms with van der Waals surface area (Å²) in [5.74, 6) is 1.71. The van der Waals surface area contributed by atoms with E-state index >= 15 is 0 Å². The maximum atomic E-state index is 6.02. The zero-order chi connectivity index (χ0) is 14.8. The van der Waals surface area contributed by atoms with E-state index < -0.39 is 0 Å². The summed E-state index contributed by atoms with van der Waals surface area (Å²) in [5, 5.41) is 0. The first-order valence-corrected chi connectivity index (χ1v) is 7.43. The van der Waals surface area contributed by atoms with Crippen molar-refractivity contribution in [2.24, 2.45) is 0 Å². The Hall–Kier alpha value is -2.16. The van der Waals surface area contributed by atoms with Gasteiger partial charge in [0.15, 0.2) is 0 Å². The van der Waals surface area contributed by atoms with Gasteiger partial charge in [-0.05, 0) is 42.7 Å². The summed E-state index contributed by atoms with van der Waals surface area (Å²) >= 11 is 0. The van der Waals surface area contributed by atoms with Gasteiger partial charge in [-0.25, -0.2) is 0 Å². The topological polar surface area (TPSA) is 44.5 Å². The number of aryl methyl sites for hydroxylation is 2. The molecule has 0 saturated carbocycles. The molecule has 3 rings (SSSR count). The number of ether oxygens (including phenoxy) is 2. The molecule has 2 aromatic carbocycles. The molecule has 0 fully saturated rings. The average molecular weight is 283 g/mol.